The predicted molar refractivity (Wildman–Crippen MR) is 85.0 cm³/mol. The van der Waals surface area contributed by atoms with Crippen molar-refractivity contribution in [1.82, 2.24) is 10.2 Å². The summed E-state index contributed by atoms with van der Waals surface area (Å²) < 4.78 is 0. The molecule has 2 N–H and O–H groups in total. The van der Waals surface area contributed by atoms with Crippen LogP contribution in [0.3, 0.4) is 0 Å². The van der Waals surface area contributed by atoms with E-state index < -0.39 is 0 Å². The van der Waals surface area contributed by atoms with E-state index in [0.29, 0.717) is 6.04 Å². The summed E-state index contributed by atoms with van der Waals surface area (Å²) in [6, 6.07) is 0.671. The van der Waals surface area contributed by atoms with E-state index in [2.05, 4.69) is 24.1 Å². The van der Waals surface area contributed by atoms with Crippen LogP contribution in [0.25, 0.3) is 0 Å². The van der Waals surface area contributed by atoms with Gasteiger partial charge in [-0.25, -0.2) is 0 Å². The van der Waals surface area contributed by atoms with Crippen LogP contribution in [0, 0.1) is 5.92 Å². The number of aliphatic hydroxyl groups excluding tert-OH is 1. The summed E-state index contributed by atoms with van der Waals surface area (Å²) in [7, 11) is 0. The molecule has 3 nitrogen and oxygen atoms in total. The molecule has 2 atom stereocenters. The average molecular weight is 282 g/mol. The van der Waals surface area contributed by atoms with E-state index in [4.69, 9.17) is 0 Å². The summed E-state index contributed by atoms with van der Waals surface area (Å²) in [6.07, 6.45) is 10.5. The number of hydrogen-bond acceptors (Lipinski definition) is 3. The van der Waals surface area contributed by atoms with Gasteiger partial charge >= 0.3 is 0 Å². The van der Waals surface area contributed by atoms with E-state index in [9.17, 15) is 5.11 Å². The standard InChI is InChI=1S/C17H34N2O/c1-3-5-15-6-4-11-19(12-9-15)13-10-17(2,14-20)18-16-7-8-16/h15-16,18,20H,3-14H2,1-2H3. The SMILES string of the molecule is CCCC1CCCN(CCC(C)(CO)NC2CC2)CC1. The maximum Gasteiger partial charge on any atom is 0.0611 e. The molecule has 1 aliphatic heterocycles. The number of rotatable bonds is 8. The lowest BCUT2D eigenvalue weighted by Crippen LogP contribution is -2.49. The summed E-state index contributed by atoms with van der Waals surface area (Å²) >= 11 is 0. The predicted octanol–water partition coefficient (Wildman–Crippen LogP) is 2.78. The lowest BCUT2D eigenvalue weighted by Gasteiger charge is -2.32. The molecule has 20 heavy (non-hydrogen) atoms. The minimum Gasteiger partial charge on any atom is -0.394 e. The van der Waals surface area contributed by atoms with E-state index in [-0.39, 0.29) is 12.1 Å². The summed E-state index contributed by atoms with van der Waals surface area (Å²) in [4.78, 5) is 2.62. The highest BCUT2D eigenvalue weighted by atomic mass is 16.3. The van der Waals surface area contributed by atoms with Gasteiger partial charge in [-0.05, 0) is 71.0 Å². The van der Waals surface area contributed by atoms with Crippen LogP contribution in [0.15, 0.2) is 0 Å². The van der Waals surface area contributed by atoms with Crippen LogP contribution in [0.1, 0.15) is 65.2 Å². The third-order valence-electron chi connectivity index (χ3n) is 5.10. The molecule has 118 valence electrons. The maximum atomic E-state index is 9.68. The fraction of sp³-hybridized carbons (Fsp3) is 1.00. The molecule has 1 saturated carbocycles. The lowest BCUT2D eigenvalue weighted by molar-refractivity contribution is 0.144. The first-order valence-corrected chi connectivity index (χ1v) is 8.76. The van der Waals surface area contributed by atoms with Gasteiger partial charge in [0.2, 0.25) is 0 Å². The van der Waals surface area contributed by atoms with Crippen molar-refractivity contribution in [2.24, 2.45) is 5.92 Å². The molecule has 2 rings (SSSR count). The zero-order chi connectivity index (χ0) is 14.4. The first-order valence-electron chi connectivity index (χ1n) is 8.76. The van der Waals surface area contributed by atoms with Gasteiger partial charge in [0.15, 0.2) is 0 Å². The average Bonchev–Trinajstić information content (AvgIpc) is 3.25. The van der Waals surface area contributed by atoms with E-state index >= 15 is 0 Å². The fourth-order valence-corrected chi connectivity index (χ4v) is 3.47. The molecule has 2 fully saturated rings. The maximum absolute atomic E-state index is 9.68. The van der Waals surface area contributed by atoms with E-state index in [1.165, 1.54) is 58.0 Å². The van der Waals surface area contributed by atoms with Crippen LogP contribution < -0.4 is 5.32 Å². The Morgan fingerprint density at radius 2 is 2.00 bits per heavy atom. The van der Waals surface area contributed by atoms with Crippen molar-refractivity contribution in [3.05, 3.63) is 0 Å². The number of nitrogens with zero attached hydrogens (tertiary/aromatic N) is 1. The minimum atomic E-state index is -0.0731. The van der Waals surface area contributed by atoms with Crippen LogP contribution in [0.2, 0.25) is 0 Å². The molecular formula is C17H34N2O. The van der Waals surface area contributed by atoms with Gasteiger partial charge < -0.3 is 15.3 Å². The first-order chi connectivity index (χ1) is 9.65. The summed E-state index contributed by atoms with van der Waals surface area (Å²) in [5, 5.41) is 13.3. The van der Waals surface area contributed by atoms with Crippen molar-refractivity contribution in [1.29, 1.82) is 0 Å². The van der Waals surface area contributed by atoms with Gasteiger partial charge in [-0.1, -0.05) is 19.8 Å². The molecule has 1 aliphatic carbocycles. The quantitative estimate of drug-likeness (QED) is 0.718. The molecule has 0 aromatic carbocycles. The van der Waals surface area contributed by atoms with Gasteiger partial charge in [0.05, 0.1) is 6.61 Å². The van der Waals surface area contributed by atoms with Crippen LogP contribution in [-0.2, 0) is 0 Å². The van der Waals surface area contributed by atoms with E-state index in [0.717, 1.165) is 18.9 Å². The van der Waals surface area contributed by atoms with Gasteiger partial charge in [-0.15, -0.1) is 0 Å². The summed E-state index contributed by atoms with van der Waals surface area (Å²) in [5.41, 5.74) is -0.0731. The fourth-order valence-electron chi connectivity index (χ4n) is 3.47. The Kier molecular flexibility index (Phi) is 6.31. The second-order valence-electron chi connectivity index (χ2n) is 7.31. The first kappa shape index (κ1) is 16.3. The number of likely N-dealkylation sites (tertiary alicyclic amines) is 1. The Balaban J connectivity index is 1.72. The van der Waals surface area contributed by atoms with Gasteiger partial charge in [-0.2, -0.15) is 0 Å². The Labute approximate surface area is 125 Å². The van der Waals surface area contributed by atoms with Crippen LogP contribution in [0.4, 0.5) is 0 Å². The highest BCUT2D eigenvalue weighted by molar-refractivity contribution is 4.92. The van der Waals surface area contributed by atoms with Gasteiger partial charge in [-0.3, -0.25) is 0 Å². The Bertz CT molecular complexity index is 280. The molecule has 1 heterocycles. The molecule has 0 aromatic rings. The van der Waals surface area contributed by atoms with Crippen molar-refractivity contribution in [2.75, 3.05) is 26.2 Å². The normalized spacial score (nSPS) is 28.1. The minimum absolute atomic E-state index is 0.0731. The zero-order valence-corrected chi connectivity index (χ0v) is 13.5. The smallest absolute Gasteiger partial charge is 0.0611 e. The number of nitrogens with one attached hydrogen (secondary N) is 1. The number of aliphatic hydroxyl groups is 1. The lowest BCUT2D eigenvalue weighted by atomic mass is 9.96. The van der Waals surface area contributed by atoms with Gasteiger partial charge in [0, 0.05) is 11.6 Å². The van der Waals surface area contributed by atoms with Crippen molar-refractivity contribution in [2.45, 2.75) is 76.8 Å². The summed E-state index contributed by atoms with van der Waals surface area (Å²) in [5.74, 6) is 0.957. The van der Waals surface area contributed by atoms with E-state index in [1.807, 2.05) is 0 Å². The van der Waals surface area contributed by atoms with Gasteiger partial charge in [0.1, 0.15) is 0 Å². The number of hydrogen-bond donors (Lipinski definition) is 2. The molecule has 0 aromatic heterocycles. The molecule has 0 spiro atoms. The molecule has 0 bridgehead atoms. The van der Waals surface area contributed by atoms with Crippen molar-refractivity contribution in [3.8, 4) is 0 Å². The Morgan fingerprint density at radius 3 is 2.65 bits per heavy atom. The van der Waals surface area contributed by atoms with Crippen LogP contribution in [0.5, 0.6) is 0 Å². The van der Waals surface area contributed by atoms with Crippen molar-refractivity contribution >= 4 is 0 Å². The Hall–Kier alpha value is -0.120. The molecule has 0 radical (unpaired) electrons. The van der Waals surface area contributed by atoms with Crippen molar-refractivity contribution in [3.63, 3.8) is 0 Å². The second-order valence-corrected chi connectivity index (χ2v) is 7.31. The molecule has 3 heteroatoms. The third-order valence-corrected chi connectivity index (χ3v) is 5.10. The molecule has 2 aliphatic rings. The van der Waals surface area contributed by atoms with Crippen molar-refractivity contribution < 1.29 is 5.11 Å². The monoisotopic (exact) mass is 282 g/mol. The topological polar surface area (TPSA) is 35.5 Å². The summed E-state index contributed by atoms with van der Waals surface area (Å²) in [6.45, 7) is 8.40. The zero-order valence-electron chi connectivity index (χ0n) is 13.5. The third kappa shape index (κ3) is 5.34. The molecule has 0 amide bonds. The van der Waals surface area contributed by atoms with Crippen LogP contribution in [-0.4, -0.2) is 47.8 Å². The largest absolute Gasteiger partial charge is 0.394 e. The molecule has 1 saturated heterocycles. The highest BCUT2D eigenvalue weighted by Gasteiger charge is 2.32. The van der Waals surface area contributed by atoms with Gasteiger partial charge in [0.25, 0.3) is 0 Å². The highest BCUT2D eigenvalue weighted by Crippen LogP contribution is 2.25. The van der Waals surface area contributed by atoms with E-state index in [1.54, 1.807) is 0 Å². The molecular weight excluding hydrogens is 248 g/mol. The Morgan fingerprint density at radius 1 is 1.20 bits per heavy atom. The molecule has 2 unspecified atom stereocenters. The van der Waals surface area contributed by atoms with Crippen LogP contribution >= 0.6 is 0 Å². The second kappa shape index (κ2) is 7.77.